The van der Waals surface area contributed by atoms with Crippen molar-refractivity contribution in [2.75, 3.05) is 16.2 Å². The first-order valence-corrected chi connectivity index (χ1v) is 10.8. The van der Waals surface area contributed by atoms with Crippen molar-refractivity contribution in [1.29, 1.82) is 0 Å². The smallest absolute Gasteiger partial charge is 0.266 e. The van der Waals surface area contributed by atoms with Gasteiger partial charge in [-0.15, -0.1) is 0 Å². The number of nitrogens with one attached hydrogen (secondary N) is 1. The molecular weight excluding hydrogens is 403 g/mol. The van der Waals surface area contributed by atoms with Gasteiger partial charge in [0.1, 0.15) is 10.7 Å². The van der Waals surface area contributed by atoms with Crippen LogP contribution in [0.5, 0.6) is 0 Å². The van der Waals surface area contributed by atoms with Crippen molar-refractivity contribution < 1.29 is 17.6 Å². The van der Waals surface area contributed by atoms with Crippen LogP contribution < -0.4 is 9.62 Å². The lowest BCUT2D eigenvalue weighted by atomic mass is 10.2. The highest BCUT2D eigenvalue weighted by Gasteiger charge is 2.26. The van der Waals surface area contributed by atoms with E-state index in [0.717, 1.165) is 0 Å². The molecule has 0 saturated carbocycles. The van der Waals surface area contributed by atoms with Crippen molar-refractivity contribution in [3.63, 3.8) is 0 Å². The Labute approximate surface area is 175 Å². The Morgan fingerprint density at radius 3 is 2.27 bits per heavy atom. The molecule has 0 aromatic heterocycles. The Kier molecular flexibility index (Phi) is 6.64. The zero-order valence-corrected chi connectivity index (χ0v) is 17.1. The van der Waals surface area contributed by atoms with Gasteiger partial charge in [-0.05, 0) is 55.0 Å². The summed E-state index contributed by atoms with van der Waals surface area (Å²) in [5.41, 5.74) is 1.37. The summed E-state index contributed by atoms with van der Waals surface area (Å²) in [5.74, 6) is -0.862. The summed E-state index contributed by atoms with van der Waals surface area (Å²) in [6.07, 6.45) is 2.79. The van der Waals surface area contributed by atoms with E-state index in [2.05, 4.69) is 5.32 Å². The van der Waals surface area contributed by atoms with Gasteiger partial charge in [-0.3, -0.25) is 9.10 Å². The molecule has 1 N–H and O–H groups in total. The summed E-state index contributed by atoms with van der Waals surface area (Å²) in [7, 11) is -3.90. The van der Waals surface area contributed by atoms with Crippen molar-refractivity contribution in [3.05, 3.63) is 96.3 Å². The molecule has 5 nitrogen and oxygen atoms in total. The van der Waals surface area contributed by atoms with Gasteiger partial charge in [-0.25, -0.2) is 12.8 Å². The second-order valence-corrected chi connectivity index (χ2v) is 8.21. The number of hydrogen-bond acceptors (Lipinski definition) is 3. The number of rotatable bonds is 7. The van der Waals surface area contributed by atoms with Crippen LogP contribution in [0, 0.1) is 5.82 Å². The van der Waals surface area contributed by atoms with E-state index in [1.54, 1.807) is 43.3 Å². The quantitative estimate of drug-likeness (QED) is 0.560. The van der Waals surface area contributed by atoms with E-state index in [9.17, 15) is 17.6 Å². The molecule has 7 heteroatoms. The van der Waals surface area contributed by atoms with Gasteiger partial charge >= 0.3 is 0 Å². The third-order valence-corrected chi connectivity index (χ3v) is 6.30. The van der Waals surface area contributed by atoms with Crippen LogP contribution in [0.2, 0.25) is 0 Å². The van der Waals surface area contributed by atoms with Crippen molar-refractivity contribution in [1.82, 2.24) is 0 Å². The molecule has 0 spiro atoms. The Balaban J connectivity index is 1.86. The fourth-order valence-corrected chi connectivity index (χ4v) is 4.54. The third-order valence-electron chi connectivity index (χ3n) is 4.34. The molecule has 0 heterocycles. The lowest BCUT2D eigenvalue weighted by Crippen LogP contribution is -2.31. The van der Waals surface area contributed by atoms with Crippen molar-refractivity contribution in [2.45, 2.75) is 11.8 Å². The number of sulfonamides is 1. The number of anilines is 2. The zero-order chi connectivity index (χ0) is 21.6. The van der Waals surface area contributed by atoms with Crippen LogP contribution in [-0.2, 0) is 14.8 Å². The largest absolute Gasteiger partial charge is 0.321 e. The van der Waals surface area contributed by atoms with Gasteiger partial charge in [0.25, 0.3) is 10.0 Å². The number of carbonyl (C=O) groups excluding carboxylic acids is 1. The lowest BCUT2D eigenvalue weighted by Gasteiger charge is -2.24. The Morgan fingerprint density at radius 2 is 1.60 bits per heavy atom. The summed E-state index contributed by atoms with van der Waals surface area (Å²) in [6.45, 7) is 1.98. The molecular formula is C23H21FN2O3S. The van der Waals surface area contributed by atoms with E-state index in [1.165, 1.54) is 52.9 Å². The van der Waals surface area contributed by atoms with Gasteiger partial charge in [0.2, 0.25) is 5.91 Å². The molecule has 154 valence electrons. The zero-order valence-electron chi connectivity index (χ0n) is 16.3. The highest BCUT2D eigenvalue weighted by molar-refractivity contribution is 7.93. The molecule has 0 aliphatic rings. The highest BCUT2D eigenvalue weighted by Crippen LogP contribution is 2.28. The van der Waals surface area contributed by atoms with Gasteiger partial charge in [0.05, 0.1) is 11.4 Å². The summed E-state index contributed by atoms with van der Waals surface area (Å²) in [6, 6.07) is 20.7. The number of hydrogen-bond donors (Lipinski definition) is 1. The number of para-hydroxylation sites is 2. The summed E-state index contributed by atoms with van der Waals surface area (Å²) < 4.78 is 40.9. The van der Waals surface area contributed by atoms with Crippen LogP contribution in [0.1, 0.15) is 12.5 Å². The SMILES string of the molecule is CCN(c1ccccc1)S(=O)(=O)c1ccccc1NC(=O)/C=C/c1ccc(F)cc1. The first-order valence-electron chi connectivity index (χ1n) is 9.33. The van der Waals surface area contributed by atoms with Crippen LogP contribution in [0.4, 0.5) is 15.8 Å². The fraction of sp³-hybridized carbons (Fsp3) is 0.0870. The third kappa shape index (κ3) is 4.93. The monoisotopic (exact) mass is 424 g/mol. The molecule has 3 rings (SSSR count). The van der Waals surface area contributed by atoms with E-state index in [4.69, 9.17) is 0 Å². The minimum atomic E-state index is -3.90. The summed E-state index contributed by atoms with van der Waals surface area (Å²) in [5, 5.41) is 2.62. The van der Waals surface area contributed by atoms with Gasteiger partial charge < -0.3 is 5.32 Å². The molecule has 30 heavy (non-hydrogen) atoms. The first kappa shape index (κ1) is 21.3. The van der Waals surface area contributed by atoms with Crippen molar-refractivity contribution in [2.24, 2.45) is 0 Å². The molecule has 0 fully saturated rings. The molecule has 0 saturated heterocycles. The van der Waals surface area contributed by atoms with E-state index in [-0.39, 0.29) is 22.9 Å². The van der Waals surface area contributed by atoms with E-state index in [0.29, 0.717) is 11.3 Å². The van der Waals surface area contributed by atoms with Crippen LogP contribution in [0.15, 0.2) is 89.8 Å². The van der Waals surface area contributed by atoms with Crippen molar-refractivity contribution >= 4 is 33.4 Å². The maximum absolute atomic E-state index is 13.3. The summed E-state index contributed by atoms with van der Waals surface area (Å²) >= 11 is 0. The number of nitrogens with zero attached hydrogens (tertiary/aromatic N) is 1. The number of halogens is 1. The van der Waals surface area contributed by atoms with Crippen LogP contribution in [0.25, 0.3) is 6.08 Å². The standard InChI is InChI=1S/C23H21FN2O3S/c1-2-26(20-8-4-3-5-9-20)30(28,29)22-11-7-6-10-21(22)25-23(27)17-14-18-12-15-19(24)16-13-18/h3-17H,2H2,1H3,(H,25,27)/b17-14+. The molecule has 0 bridgehead atoms. The average Bonchev–Trinajstić information content (AvgIpc) is 2.75. The van der Waals surface area contributed by atoms with Crippen LogP contribution in [0.3, 0.4) is 0 Å². The molecule has 0 unspecified atom stereocenters. The van der Waals surface area contributed by atoms with E-state index in [1.807, 2.05) is 6.07 Å². The van der Waals surface area contributed by atoms with E-state index >= 15 is 0 Å². The lowest BCUT2D eigenvalue weighted by molar-refractivity contribution is -0.111. The minimum Gasteiger partial charge on any atom is -0.321 e. The number of carbonyl (C=O) groups is 1. The molecule has 0 radical (unpaired) electrons. The van der Waals surface area contributed by atoms with Gasteiger partial charge in [-0.2, -0.15) is 0 Å². The number of amides is 1. The van der Waals surface area contributed by atoms with Gasteiger partial charge in [0, 0.05) is 12.6 Å². The van der Waals surface area contributed by atoms with Crippen LogP contribution >= 0.6 is 0 Å². The molecule has 1 amide bonds. The fourth-order valence-electron chi connectivity index (χ4n) is 2.92. The average molecular weight is 424 g/mol. The topological polar surface area (TPSA) is 66.5 Å². The second-order valence-electron chi connectivity index (χ2n) is 6.38. The maximum Gasteiger partial charge on any atom is 0.266 e. The van der Waals surface area contributed by atoms with Gasteiger partial charge in [-0.1, -0.05) is 42.5 Å². The molecule has 0 atom stereocenters. The van der Waals surface area contributed by atoms with E-state index < -0.39 is 15.9 Å². The summed E-state index contributed by atoms with van der Waals surface area (Å²) in [4.78, 5) is 12.4. The maximum atomic E-state index is 13.3. The number of benzene rings is 3. The molecule has 0 aliphatic carbocycles. The molecule has 3 aromatic carbocycles. The second kappa shape index (κ2) is 9.37. The first-order chi connectivity index (χ1) is 14.4. The van der Waals surface area contributed by atoms with Gasteiger partial charge in [0.15, 0.2) is 0 Å². The van der Waals surface area contributed by atoms with Crippen molar-refractivity contribution in [3.8, 4) is 0 Å². The highest BCUT2D eigenvalue weighted by atomic mass is 32.2. The Morgan fingerprint density at radius 1 is 0.967 bits per heavy atom. The predicted molar refractivity (Wildman–Crippen MR) is 117 cm³/mol. The van der Waals surface area contributed by atoms with Crippen LogP contribution in [-0.4, -0.2) is 20.9 Å². The Hall–Kier alpha value is -3.45. The molecule has 3 aromatic rings. The normalized spacial score (nSPS) is 11.4. The minimum absolute atomic E-state index is 0.000708. The predicted octanol–water partition coefficient (Wildman–Crippen LogP) is 4.69. The molecule has 0 aliphatic heterocycles. The Bertz CT molecular complexity index is 1140.